The Hall–Kier alpha value is -2.40. The second-order valence-corrected chi connectivity index (χ2v) is 6.23. The van der Waals surface area contributed by atoms with Crippen LogP contribution in [0, 0.1) is 6.92 Å². The molecular formula is C18H18ClN3O2. The minimum absolute atomic E-state index is 0.119. The molecule has 124 valence electrons. The highest BCUT2D eigenvalue weighted by Gasteiger charge is 2.38. The summed E-state index contributed by atoms with van der Waals surface area (Å²) in [4.78, 5) is 32.7. The van der Waals surface area contributed by atoms with Crippen LogP contribution in [-0.4, -0.2) is 41.3 Å². The van der Waals surface area contributed by atoms with Crippen molar-refractivity contribution in [2.24, 2.45) is 0 Å². The molecule has 24 heavy (non-hydrogen) atoms. The first-order chi connectivity index (χ1) is 11.5. The van der Waals surface area contributed by atoms with Crippen LogP contribution in [0.5, 0.6) is 0 Å². The van der Waals surface area contributed by atoms with Crippen molar-refractivity contribution in [1.29, 1.82) is 0 Å². The van der Waals surface area contributed by atoms with Gasteiger partial charge in [-0.2, -0.15) is 0 Å². The number of hydrogen-bond donors (Lipinski definition) is 0. The molecule has 6 heteroatoms. The molecule has 0 N–H and O–H groups in total. The average Bonchev–Trinajstić information content (AvgIpc) is 2.95. The molecule has 0 unspecified atom stereocenters. The number of nitrogens with zero attached hydrogens (tertiary/aromatic N) is 3. The van der Waals surface area contributed by atoms with Gasteiger partial charge in [-0.1, -0.05) is 29.8 Å². The SMILES string of the molecule is Cc1cccc(C(=O)N(C)[C@H]2CCN(c3ccccc3Cl)C2=O)n1. The van der Waals surface area contributed by atoms with Crippen LogP contribution < -0.4 is 4.90 Å². The number of para-hydroxylation sites is 1. The summed E-state index contributed by atoms with van der Waals surface area (Å²) < 4.78 is 0. The first-order valence-electron chi connectivity index (χ1n) is 7.76. The first kappa shape index (κ1) is 16.5. The van der Waals surface area contributed by atoms with Crippen LogP contribution in [0.25, 0.3) is 0 Å². The number of likely N-dealkylation sites (N-methyl/N-ethyl adjacent to an activating group) is 1. The van der Waals surface area contributed by atoms with Crippen LogP contribution in [0.2, 0.25) is 5.02 Å². The lowest BCUT2D eigenvalue weighted by Crippen LogP contribution is -2.43. The van der Waals surface area contributed by atoms with Gasteiger partial charge in [0.05, 0.1) is 10.7 Å². The number of anilines is 1. The van der Waals surface area contributed by atoms with Crippen LogP contribution in [0.15, 0.2) is 42.5 Å². The Morgan fingerprint density at radius 1 is 1.25 bits per heavy atom. The van der Waals surface area contributed by atoms with E-state index in [0.29, 0.717) is 29.4 Å². The molecule has 0 spiro atoms. The lowest BCUT2D eigenvalue weighted by atomic mass is 10.2. The zero-order valence-electron chi connectivity index (χ0n) is 13.6. The fraction of sp³-hybridized carbons (Fsp3) is 0.278. The maximum Gasteiger partial charge on any atom is 0.272 e. The monoisotopic (exact) mass is 343 g/mol. The molecule has 1 fully saturated rings. The molecule has 1 aliphatic rings. The fourth-order valence-electron chi connectivity index (χ4n) is 2.92. The number of aryl methyl sites for hydroxylation is 1. The topological polar surface area (TPSA) is 53.5 Å². The second kappa shape index (κ2) is 6.61. The van der Waals surface area contributed by atoms with Crippen molar-refractivity contribution in [1.82, 2.24) is 9.88 Å². The molecule has 0 saturated carbocycles. The Balaban J connectivity index is 1.80. The van der Waals surface area contributed by atoms with Crippen molar-refractivity contribution in [3.63, 3.8) is 0 Å². The van der Waals surface area contributed by atoms with Crippen molar-refractivity contribution < 1.29 is 9.59 Å². The van der Waals surface area contributed by atoms with Gasteiger partial charge in [-0.25, -0.2) is 4.98 Å². The van der Waals surface area contributed by atoms with Gasteiger partial charge in [0.25, 0.3) is 5.91 Å². The second-order valence-electron chi connectivity index (χ2n) is 5.83. The lowest BCUT2D eigenvalue weighted by Gasteiger charge is -2.24. The summed E-state index contributed by atoms with van der Waals surface area (Å²) in [7, 11) is 1.64. The molecule has 3 rings (SSSR count). The van der Waals surface area contributed by atoms with Crippen molar-refractivity contribution in [3.8, 4) is 0 Å². The average molecular weight is 344 g/mol. The summed E-state index contributed by atoms with van der Waals surface area (Å²) in [5.74, 6) is -0.371. The zero-order chi connectivity index (χ0) is 17.3. The number of rotatable bonds is 3. The minimum Gasteiger partial charge on any atom is -0.328 e. The number of pyridine rings is 1. The predicted molar refractivity (Wildman–Crippen MR) is 93.3 cm³/mol. The van der Waals surface area contributed by atoms with Crippen LogP contribution in [0.4, 0.5) is 5.69 Å². The van der Waals surface area contributed by atoms with Gasteiger partial charge in [0.15, 0.2) is 0 Å². The van der Waals surface area contributed by atoms with Gasteiger partial charge in [0.1, 0.15) is 11.7 Å². The molecule has 1 aromatic heterocycles. The van der Waals surface area contributed by atoms with Crippen LogP contribution in [0.3, 0.4) is 0 Å². The molecule has 2 heterocycles. The van der Waals surface area contributed by atoms with Crippen LogP contribution in [0.1, 0.15) is 22.6 Å². The van der Waals surface area contributed by atoms with E-state index < -0.39 is 6.04 Å². The molecule has 1 aliphatic heterocycles. The van der Waals surface area contributed by atoms with Crippen LogP contribution >= 0.6 is 11.6 Å². The third kappa shape index (κ3) is 2.99. The normalized spacial score (nSPS) is 17.2. The third-order valence-electron chi connectivity index (χ3n) is 4.22. The van der Waals surface area contributed by atoms with E-state index in [0.717, 1.165) is 5.69 Å². The van der Waals surface area contributed by atoms with Crippen molar-refractivity contribution in [3.05, 3.63) is 58.9 Å². The van der Waals surface area contributed by atoms with E-state index in [9.17, 15) is 9.59 Å². The quantitative estimate of drug-likeness (QED) is 0.861. The Morgan fingerprint density at radius 2 is 2.00 bits per heavy atom. The number of halogens is 1. The van der Waals surface area contributed by atoms with Gasteiger partial charge < -0.3 is 9.80 Å². The van der Waals surface area contributed by atoms with E-state index in [1.54, 1.807) is 30.1 Å². The molecule has 1 saturated heterocycles. The number of hydrogen-bond acceptors (Lipinski definition) is 3. The molecule has 1 atom stereocenters. The summed E-state index contributed by atoms with van der Waals surface area (Å²) in [6.45, 7) is 2.36. The highest BCUT2D eigenvalue weighted by Crippen LogP contribution is 2.30. The highest BCUT2D eigenvalue weighted by molar-refractivity contribution is 6.34. The van der Waals surface area contributed by atoms with E-state index in [-0.39, 0.29) is 11.8 Å². The first-order valence-corrected chi connectivity index (χ1v) is 8.13. The van der Waals surface area contributed by atoms with Gasteiger partial charge in [-0.05, 0) is 37.6 Å². The van der Waals surface area contributed by atoms with Crippen LogP contribution in [-0.2, 0) is 4.79 Å². The van der Waals surface area contributed by atoms with Gasteiger partial charge in [0, 0.05) is 19.3 Å². The maximum absolute atomic E-state index is 12.8. The molecule has 0 aliphatic carbocycles. The summed E-state index contributed by atoms with van der Waals surface area (Å²) in [6, 6.07) is 12.0. The third-order valence-corrected chi connectivity index (χ3v) is 4.54. The molecule has 0 bridgehead atoms. The standard InChI is InChI=1S/C18H18ClN3O2/c1-12-6-5-8-14(20-12)17(23)21(2)16-10-11-22(18(16)24)15-9-4-3-7-13(15)19/h3-9,16H,10-11H2,1-2H3/t16-/m0/s1. The molecular weight excluding hydrogens is 326 g/mol. The van der Waals surface area contributed by atoms with Gasteiger partial charge in [0.2, 0.25) is 5.91 Å². The van der Waals surface area contributed by atoms with Gasteiger partial charge in [-0.15, -0.1) is 0 Å². The Kier molecular flexibility index (Phi) is 4.53. The smallest absolute Gasteiger partial charge is 0.272 e. The van der Waals surface area contributed by atoms with Crippen molar-refractivity contribution in [2.45, 2.75) is 19.4 Å². The number of aromatic nitrogens is 1. The Labute approximate surface area is 145 Å². The largest absolute Gasteiger partial charge is 0.328 e. The number of benzene rings is 1. The predicted octanol–water partition coefficient (Wildman–Crippen LogP) is 2.92. The summed E-state index contributed by atoms with van der Waals surface area (Å²) >= 11 is 6.19. The lowest BCUT2D eigenvalue weighted by molar-refractivity contribution is -0.120. The van der Waals surface area contributed by atoms with E-state index in [1.807, 2.05) is 31.2 Å². The highest BCUT2D eigenvalue weighted by atomic mass is 35.5. The van der Waals surface area contributed by atoms with Gasteiger partial charge >= 0.3 is 0 Å². The molecule has 5 nitrogen and oxygen atoms in total. The summed E-state index contributed by atoms with van der Waals surface area (Å²) in [5.41, 5.74) is 1.80. The fourth-order valence-corrected chi connectivity index (χ4v) is 3.16. The summed E-state index contributed by atoms with van der Waals surface area (Å²) in [5, 5.41) is 0.529. The minimum atomic E-state index is -0.504. The molecule has 0 radical (unpaired) electrons. The van der Waals surface area contributed by atoms with E-state index in [1.165, 1.54) is 4.90 Å². The Morgan fingerprint density at radius 3 is 2.71 bits per heavy atom. The number of carbonyl (C=O) groups is 2. The van der Waals surface area contributed by atoms with E-state index in [2.05, 4.69) is 4.98 Å². The number of carbonyl (C=O) groups excluding carboxylic acids is 2. The molecule has 2 aromatic rings. The van der Waals surface area contributed by atoms with E-state index >= 15 is 0 Å². The van der Waals surface area contributed by atoms with E-state index in [4.69, 9.17) is 11.6 Å². The summed E-state index contributed by atoms with van der Waals surface area (Å²) in [6.07, 6.45) is 0.568. The molecule has 2 amide bonds. The molecule has 1 aromatic carbocycles. The zero-order valence-corrected chi connectivity index (χ0v) is 14.3. The van der Waals surface area contributed by atoms with Gasteiger partial charge in [-0.3, -0.25) is 9.59 Å². The van der Waals surface area contributed by atoms with Crippen molar-refractivity contribution in [2.75, 3.05) is 18.5 Å². The number of amides is 2. The Bertz CT molecular complexity index is 793. The van der Waals surface area contributed by atoms with Crippen molar-refractivity contribution >= 4 is 29.1 Å². The maximum atomic E-state index is 12.8.